The van der Waals surface area contributed by atoms with Crippen molar-refractivity contribution in [1.82, 2.24) is 15.0 Å². The van der Waals surface area contributed by atoms with E-state index in [1.54, 1.807) is 0 Å². The van der Waals surface area contributed by atoms with E-state index >= 15 is 0 Å². The van der Waals surface area contributed by atoms with Gasteiger partial charge >= 0.3 is 0 Å². The number of anilines is 3. The van der Waals surface area contributed by atoms with Crippen LogP contribution in [-0.2, 0) is 0 Å². The Balaban J connectivity index is 2.24. The largest absolute Gasteiger partial charge is 0.354 e. The summed E-state index contributed by atoms with van der Waals surface area (Å²) in [6.45, 7) is 4.59. The van der Waals surface area contributed by atoms with E-state index in [2.05, 4.69) is 25.6 Å². The summed E-state index contributed by atoms with van der Waals surface area (Å²) in [7, 11) is 0. The molecule has 1 aromatic heterocycles. The maximum Gasteiger partial charge on any atom is 0.233 e. The molecule has 0 fully saturated rings. The van der Waals surface area contributed by atoms with Crippen molar-refractivity contribution in [3.8, 4) is 0 Å². The summed E-state index contributed by atoms with van der Waals surface area (Å²) in [6.07, 6.45) is 0. The van der Waals surface area contributed by atoms with Crippen LogP contribution in [0.3, 0.4) is 0 Å². The summed E-state index contributed by atoms with van der Waals surface area (Å²) in [5.41, 5.74) is 1.80. The van der Waals surface area contributed by atoms with Gasteiger partial charge in [0.25, 0.3) is 0 Å². The van der Waals surface area contributed by atoms with E-state index in [1.165, 1.54) is 0 Å². The molecule has 0 radical (unpaired) electrons. The number of benzene rings is 1. The normalized spacial score (nSPS) is 10.3. The molecule has 5 nitrogen and oxygen atoms in total. The topological polar surface area (TPSA) is 62.7 Å². The lowest BCUT2D eigenvalue weighted by Gasteiger charge is -2.08. The van der Waals surface area contributed by atoms with Crippen molar-refractivity contribution in [1.29, 1.82) is 0 Å². The van der Waals surface area contributed by atoms with Crippen molar-refractivity contribution in [2.24, 2.45) is 0 Å². The molecule has 1 aromatic carbocycles. The van der Waals surface area contributed by atoms with Crippen LogP contribution in [0.1, 0.15) is 12.5 Å². The monoisotopic (exact) mass is 297 g/mol. The number of aromatic nitrogens is 3. The van der Waals surface area contributed by atoms with E-state index < -0.39 is 0 Å². The second-order valence-corrected chi connectivity index (χ2v) is 4.62. The lowest BCUT2D eigenvalue weighted by Crippen LogP contribution is -2.06. The van der Waals surface area contributed by atoms with Gasteiger partial charge in [-0.1, -0.05) is 17.7 Å². The van der Waals surface area contributed by atoms with Crippen molar-refractivity contribution in [2.45, 2.75) is 13.8 Å². The molecule has 7 heteroatoms. The lowest BCUT2D eigenvalue weighted by molar-refractivity contribution is 1.02. The molecule has 0 saturated heterocycles. The van der Waals surface area contributed by atoms with E-state index in [4.69, 9.17) is 23.2 Å². The highest BCUT2D eigenvalue weighted by Gasteiger charge is 2.05. The molecular formula is C12H13Cl2N5. The minimum Gasteiger partial charge on any atom is -0.354 e. The highest BCUT2D eigenvalue weighted by atomic mass is 35.5. The molecule has 2 N–H and O–H groups in total. The number of hydrogen-bond acceptors (Lipinski definition) is 5. The Kier molecular flexibility index (Phi) is 4.39. The number of nitrogens with zero attached hydrogens (tertiary/aromatic N) is 3. The number of hydrogen-bond donors (Lipinski definition) is 2. The first kappa shape index (κ1) is 13.8. The number of nitrogens with one attached hydrogen (secondary N) is 2. The summed E-state index contributed by atoms with van der Waals surface area (Å²) >= 11 is 11.9. The average Bonchev–Trinajstić information content (AvgIpc) is 2.33. The van der Waals surface area contributed by atoms with Crippen LogP contribution in [0, 0.1) is 6.92 Å². The van der Waals surface area contributed by atoms with Gasteiger partial charge in [0.1, 0.15) is 0 Å². The Morgan fingerprint density at radius 2 is 1.84 bits per heavy atom. The van der Waals surface area contributed by atoms with Gasteiger partial charge in [0, 0.05) is 17.3 Å². The summed E-state index contributed by atoms with van der Waals surface area (Å²) < 4.78 is 0. The lowest BCUT2D eigenvalue weighted by atomic mass is 10.2. The quantitative estimate of drug-likeness (QED) is 0.902. The van der Waals surface area contributed by atoms with Gasteiger partial charge in [0.05, 0.1) is 0 Å². The van der Waals surface area contributed by atoms with E-state index in [0.717, 1.165) is 11.3 Å². The Morgan fingerprint density at radius 3 is 2.53 bits per heavy atom. The molecule has 0 aliphatic rings. The van der Waals surface area contributed by atoms with Crippen LogP contribution in [0.15, 0.2) is 18.2 Å². The van der Waals surface area contributed by atoms with Crippen LogP contribution < -0.4 is 10.6 Å². The van der Waals surface area contributed by atoms with Crippen LogP contribution in [0.5, 0.6) is 0 Å². The molecule has 100 valence electrons. The predicted molar refractivity (Wildman–Crippen MR) is 78.5 cm³/mol. The second kappa shape index (κ2) is 6.04. The zero-order chi connectivity index (χ0) is 13.8. The van der Waals surface area contributed by atoms with Gasteiger partial charge in [-0.2, -0.15) is 15.0 Å². The van der Waals surface area contributed by atoms with Crippen LogP contribution >= 0.6 is 23.2 Å². The summed E-state index contributed by atoms with van der Waals surface area (Å²) in [4.78, 5) is 12.2. The summed E-state index contributed by atoms with van der Waals surface area (Å²) in [5.74, 6) is 0.805. The van der Waals surface area contributed by atoms with Crippen molar-refractivity contribution in [3.05, 3.63) is 34.1 Å². The zero-order valence-corrected chi connectivity index (χ0v) is 12.0. The minimum atomic E-state index is 0.131. The maximum absolute atomic E-state index is 6.06. The number of aryl methyl sites for hydroxylation is 1. The van der Waals surface area contributed by atoms with E-state index in [9.17, 15) is 0 Å². The fourth-order valence-corrected chi connectivity index (χ4v) is 1.78. The standard InChI is InChI=1S/C12H13Cl2N5/c1-3-15-11-17-10(14)18-12(19-11)16-8-5-4-7(2)9(13)6-8/h4-6H,3H2,1-2H3,(H2,15,16,17,18,19). The number of halogens is 2. The van der Waals surface area contributed by atoms with E-state index in [-0.39, 0.29) is 5.28 Å². The molecule has 0 aliphatic heterocycles. The van der Waals surface area contributed by atoms with Crippen LogP contribution in [0.25, 0.3) is 0 Å². The van der Waals surface area contributed by atoms with Crippen LogP contribution in [0.2, 0.25) is 10.3 Å². The van der Waals surface area contributed by atoms with Gasteiger partial charge < -0.3 is 10.6 Å². The first-order valence-corrected chi connectivity index (χ1v) is 6.52. The highest BCUT2D eigenvalue weighted by Crippen LogP contribution is 2.22. The third kappa shape index (κ3) is 3.68. The Morgan fingerprint density at radius 1 is 1.11 bits per heavy atom. The summed E-state index contributed by atoms with van der Waals surface area (Å²) in [5, 5.41) is 6.83. The molecule has 0 atom stereocenters. The maximum atomic E-state index is 6.06. The van der Waals surface area contributed by atoms with Crippen LogP contribution in [-0.4, -0.2) is 21.5 Å². The average molecular weight is 298 g/mol. The van der Waals surface area contributed by atoms with Crippen LogP contribution in [0.4, 0.5) is 17.6 Å². The van der Waals surface area contributed by atoms with Crippen molar-refractivity contribution < 1.29 is 0 Å². The number of rotatable bonds is 4. The van der Waals surface area contributed by atoms with E-state index in [1.807, 2.05) is 32.0 Å². The van der Waals surface area contributed by atoms with Gasteiger partial charge in [-0.05, 0) is 43.1 Å². The first-order chi connectivity index (χ1) is 9.08. The molecule has 1 heterocycles. The van der Waals surface area contributed by atoms with Gasteiger partial charge in [0.15, 0.2) is 0 Å². The smallest absolute Gasteiger partial charge is 0.233 e. The molecule has 0 bridgehead atoms. The molecule has 19 heavy (non-hydrogen) atoms. The fraction of sp³-hybridized carbons (Fsp3) is 0.250. The molecule has 0 spiro atoms. The Bertz CT molecular complexity index is 588. The van der Waals surface area contributed by atoms with E-state index in [0.29, 0.717) is 23.5 Å². The predicted octanol–water partition coefficient (Wildman–Crippen LogP) is 3.66. The van der Waals surface area contributed by atoms with Crippen molar-refractivity contribution >= 4 is 40.8 Å². The third-order valence-corrected chi connectivity index (χ3v) is 2.95. The molecular weight excluding hydrogens is 285 g/mol. The Hall–Kier alpha value is -1.59. The molecule has 0 saturated carbocycles. The minimum absolute atomic E-state index is 0.131. The van der Waals surface area contributed by atoms with Gasteiger partial charge in [-0.15, -0.1) is 0 Å². The molecule has 2 aromatic rings. The fourth-order valence-electron chi connectivity index (χ4n) is 1.44. The molecule has 0 unspecified atom stereocenters. The van der Waals surface area contributed by atoms with Gasteiger partial charge in [-0.3, -0.25) is 0 Å². The molecule has 2 rings (SSSR count). The molecule has 0 amide bonds. The van der Waals surface area contributed by atoms with Crippen molar-refractivity contribution in [2.75, 3.05) is 17.2 Å². The highest BCUT2D eigenvalue weighted by molar-refractivity contribution is 6.31. The first-order valence-electron chi connectivity index (χ1n) is 5.77. The van der Waals surface area contributed by atoms with Gasteiger partial charge in [-0.25, -0.2) is 0 Å². The Labute approximate surface area is 121 Å². The SMILES string of the molecule is CCNc1nc(Cl)nc(Nc2ccc(C)c(Cl)c2)n1. The van der Waals surface area contributed by atoms with Gasteiger partial charge in [0.2, 0.25) is 17.2 Å². The zero-order valence-electron chi connectivity index (χ0n) is 10.5. The second-order valence-electron chi connectivity index (χ2n) is 3.87. The molecule has 0 aliphatic carbocycles. The summed E-state index contributed by atoms with van der Waals surface area (Å²) in [6, 6.07) is 5.62. The van der Waals surface area contributed by atoms with Crippen molar-refractivity contribution in [3.63, 3.8) is 0 Å². The third-order valence-electron chi connectivity index (χ3n) is 2.37.